The number of carbonyl (C=O) groups excluding carboxylic acids is 1. The molecule has 3 rings (SSSR count). The molecule has 1 fully saturated rings. The molecule has 19 heavy (non-hydrogen) atoms. The fourth-order valence-corrected chi connectivity index (χ4v) is 2.89. The third kappa shape index (κ3) is 2.16. The summed E-state index contributed by atoms with van der Waals surface area (Å²) < 4.78 is 23.6. The van der Waals surface area contributed by atoms with Crippen LogP contribution in [0, 0.1) is 5.82 Å². The summed E-state index contributed by atoms with van der Waals surface area (Å²) >= 11 is 0. The van der Waals surface area contributed by atoms with Crippen molar-refractivity contribution in [1.29, 1.82) is 0 Å². The highest BCUT2D eigenvalue weighted by atomic mass is 19.1. The second-order valence-electron chi connectivity index (χ2n) is 4.92. The number of carbonyl (C=O) groups is 1. The molecule has 0 radical (unpaired) electrons. The van der Waals surface area contributed by atoms with Crippen LogP contribution in [0.1, 0.15) is 24.8 Å². The van der Waals surface area contributed by atoms with E-state index in [4.69, 9.17) is 9.47 Å². The Labute approximate surface area is 111 Å². The summed E-state index contributed by atoms with van der Waals surface area (Å²) in [6.07, 6.45) is 2.48. The number of halogens is 1. The first-order valence-electron chi connectivity index (χ1n) is 6.42. The van der Waals surface area contributed by atoms with Gasteiger partial charge in [0.1, 0.15) is 5.82 Å². The molecule has 2 bridgehead atoms. The van der Waals surface area contributed by atoms with Gasteiger partial charge in [0, 0.05) is 0 Å². The summed E-state index contributed by atoms with van der Waals surface area (Å²) in [4.78, 5) is 12.0. The van der Waals surface area contributed by atoms with E-state index < -0.39 is 0 Å². The Morgan fingerprint density at radius 1 is 1.32 bits per heavy atom. The largest absolute Gasteiger partial charge is 0.466 e. The Bertz CT molecular complexity index is 533. The number of fused-ring (bicyclic) bond motifs is 2. The molecule has 4 heteroatoms. The molecule has 2 aliphatic heterocycles. The molecule has 0 amide bonds. The van der Waals surface area contributed by atoms with Crippen molar-refractivity contribution < 1.29 is 18.7 Å². The quantitative estimate of drug-likeness (QED) is 0.769. The highest BCUT2D eigenvalue weighted by molar-refractivity contribution is 5.99. The third-order valence-electron chi connectivity index (χ3n) is 3.78. The Hall–Kier alpha value is -1.68. The van der Waals surface area contributed by atoms with Gasteiger partial charge < -0.3 is 9.47 Å². The van der Waals surface area contributed by atoms with Gasteiger partial charge in [0.15, 0.2) is 0 Å². The van der Waals surface area contributed by atoms with Gasteiger partial charge in [-0.05, 0) is 42.5 Å². The minimum Gasteiger partial charge on any atom is -0.466 e. The van der Waals surface area contributed by atoms with Gasteiger partial charge >= 0.3 is 5.97 Å². The van der Waals surface area contributed by atoms with Crippen LogP contribution in [0.15, 0.2) is 29.8 Å². The van der Waals surface area contributed by atoms with Gasteiger partial charge in [-0.2, -0.15) is 0 Å². The zero-order valence-electron chi connectivity index (χ0n) is 10.7. The van der Waals surface area contributed by atoms with E-state index in [2.05, 4.69) is 0 Å². The monoisotopic (exact) mass is 262 g/mol. The fraction of sp³-hybridized carbons (Fsp3) is 0.400. The third-order valence-corrected chi connectivity index (χ3v) is 3.78. The molecule has 2 aliphatic rings. The lowest BCUT2D eigenvalue weighted by Crippen LogP contribution is -2.26. The van der Waals surface area contributed by atoms with E-state index >= 15 is 0 Å². The van der Waals surface area contributed by atoms with E-state index in [1.54, 1.807) is 12.1 Å². The van der Waals surface area contributed by atoms with Crippen LogP contribution in [0.4, 0.5) is 4.39 Å². The molecule has 0 unspecified atom stereocenters. The molecule has 2 atom stereocenters. The summed E-state index contributed by atoms with van der Waals surface area (Å²) in [7, 11) is 1.37. The zero-order chi connectivity index (χ0) is 13.4. The standard InChI is InChI=1S/C15H15FO3/c1-18-15(17)14-12(8-11-6-7-13(14)19-11)9-2-4-10(16)5-3-9/h2-5,11,13H,6-8H2,1H3/t11-,13+/m0/s1. The summed E-state index contributed by atoms with van der Waals surface area (Å²) in [5, 5.41) is 0. The van der Waals surface area contributed by atoms with Crippen LogP contribution in [-0.4, -0.2) is 25.3 Å². The second-order valence-corrected chi connectivity index (χ2v) is 4.92. The van der Waals surface area contributed by atoms with E-state index in [0.717, 1.165) is 24.0 Å². The van der Waals surface area contributed by atoms with Gasteiger partial charge in [-0.25, -0.2) is 9.18 Å². The van der Waals surface area contributed by atoms with Crippen LogP contribution < -0.4 is 0 Å². The number of esters is 1. The average Bonchev–Trinajstić information content (AvgIpc) is 2.80. The summed E-state index contributed by atoms with van der Waals surface area (Å²) in [6.45, 7) is 0. The molecular formula is C15H15FO3. The van der Waals surface area contributed by atoms with Crippen molar-refractivity contribution >= 4 is 11.5 Å². The van der Waals surface area contributed by atoms with Gasteiger partial charge in [-0.1, -0.05) is 12.1 Å². The maximum absolute atomic E-state index is 13.0. The smallest absolute Gasteiger partial charge is 0.336 e. The molecule has 1 aromatic carbocycles. The molecule has 100 valence electrons. The molecule has 0 N–H and O–H groups in total. The van der Waals surface area contributed by atoms with Crippen LogP contribution in [0.25, 0.3) is 5.57 Å². The van der Waals surface area contributed by atoms with E-state index in [1.807, 2.05) is 0 Å². The first kappa shape index (κ1) is 12.4. The maximum Gasteiger partial charge on any atom is 0.336 e. The highest BCUT2D eigenvalue weighted by Crippen LogP contribution is 2.41. The van der Waals surface area contributed by atoms with Gasteiger partial charge in [-0.15, -0.1) is 0 Å². The van der Waals surface area contributed by atoms with E-state index in [9.17, 15) is 9.18 Å². The lowest BCUT2D eigenvalue weighted by molar-refractivity contribution is -0.137. The predicted octanol–water partition coefficient (Wildman–Crippen LogP) is 2.70. The maximum atomic E-state index is 13.0. The zero-order valence-corrected chi connectivity index (χ0v) is 10.7. The van der Waals surface area contributed by atoms with Gasteiger partial charge in [-0.3, -0.25) is 0 Å². The van der Waals surface area contributed by atoms with E-state index in [1.165, 1.54) is 19.2 Å². The first-order valence-corrected chi connectivity index (χ1v) is 6.42. The minimum atomic E-state index is -0.343. The average molecular weight is 262 g/mol. The summed E-state index contributed by atoms with van der Waals surface area (Å²) in [5.41, 5.74) is 2.41. The highest BCUT2D eigenvalue weighted by Gasteiger charge is 2.39. The van der Waals surface area contributed by atoms with Crippen LogP contribution in [0.3, 0.4) is 0 Å². The molecule has 0 saturated carbocycles. The van der Waals surface area contributed by atoms with Crippen molar-refractivity contribution in [3.63, 3.8) is 0 Å². The van der Waals surface area contributed by atoms with Gasteiger partial charge in [0.25, 0.3) is 0 Å². The summed E-state index contributed by atoms with van der Waals surface area (Å²) in [5.74, 6) is -0.622. The van der Waals surface area contributed by atoms with Gasteiger partial charge in [0.05, 0.1) is 24.9 Å². The number of methoxy groups -OCH3 is 1. The van der Waals surface area contributed by atoms with Crippen molar-refractivity contribution in [2.45, 2.75) is 31.5 Å². The molecule has 0 aromatic heterocycles. The number of hydrogen-bond acceptors (Lipinski definition) is 3. The van der Waals surface area contributed by atoms with Crippen LogP contribution in [0.2, 0.25) is 0 Å². The Morgan fingerprint density at radius 3 is 2.74 bits per heavy atom. The summed E-state index contributed by atoms with van der Waals surface area (Å²) in [6, 6.07) is 6.24. The number of rotatable bonds is 2. The molecule has 0 spiro atoms. The van der Waals surface area contributed by atoms with Gasteiger partial charge in [0.2, 0.25) is 0 Å². The Morgan fingerprint density at radius 2 is 2.05 bits per heavy atom. The Kier molecular flexibility index (Phi) is 3.11. The van der Waals surface area contributed by atoms with Crippen molar-refractivity contribution in [2.75, 3.05) is 7.11 Å². The molecule has 1 aromatic rings. The molecule has 3 nitrogen and oxygen atoms in total. The molecular weight excluding hydrogens is 247 g/mol. The number of ether oxygens (including phenoxy) is 2. The normalized spacial score (nSPS) is 25.6. The predicted molar refractivity (Wildman–Crippen MR) is 67.8 cm³/mol. The topological polar surface area (TPSA) is 35.5 Å². The second kappa shape index (κ2) is 4.78. The van der Waals surface area contributed by atoms with Crippen LogP contribution in [0.5, 0.6) is 0 Å². The van der Waals surface area contributed by atoms with Crippen LogP contribution in [-0.2, 0) is 14.3 Å². The first-order chi connectivity index (χ1) is 9.19. The number of benzene rings is 1. The van der Waals surface area contributed by atoms with E-state index in [0.29, 0.717) is 12.0 Å². The van der Waals surface area contributed by atoms with Crippen molar-refractivity contribution in [3.8, 4) is 0 Å². The van der Waals surface area contributed by atoms with Crippen molar-refractivity contribution in [2.24, 2.45) is 0 Å². The van der Waals surface area contributed by atoms with Crippen LogP contribution >= 0.6 is 0 Å². The van der Waals surface area contributed by atoms with E-state index in [-0.39, 0.29) is 24.0 Å². The SMILES string of the molecule is COC(=O)C1=C(c2ccc(F)cc2)C[C@@H]2CC[C@H]1O2. The van der Waals surface area contributed by atoms with Crippen molar-refractivity contribution in [3.05, 3.63) is 41.2 Å². The lowest BCUT2D eigenvalue weighted by Gasteiger charge is -2.26. The number of hydrogen-bond donors (Lipinski definition) is 0. The molecule has 0 aliphatic carbocycles. The molecule has 2 heterocycles. The minimum absolute atomic E-state index is 0.165. The molecule has 1 saturated heterocycles. The Balaban J connectivity index is 2.07. The fourth-order valence-electron chi connectivity index (χ4n) is 2.89. The lowest BCUT2D eigenvalue weighted by atomic mass is 9.92. The van der Waals surface area contributed by atoms with Crippen molar-refractivity contribution in [1.82, 2.24) is 0 Å².